The largest absolute Gasteiger partial charge is 0.480 e. The number of hydrogen-bond acceptors (Lipinski definition) is 8. The van der Waals surface area contributed by atoms with E-state index < -0.39 is 55.2 Å². The van der Waals surface area contributed by atoms with Crippen LogP contribution in [0.3, 0.4) is 0 Å². The smallest absolute Gasteiger partial charge is 0.320 e. The summed E-state index contributed by atoms with van der Waals surface area (Å²) in [6.07, 6.45) is -5.18. The highest BCUT2D eigenvalue weighted by atomic mass is 16.4. The molecule has 0 bridgehead atoms. The second-order valence-electron chi connectivity index (χ2n) is 5.05. The van der Waals surface area contributed by atoms with Crippen LogP contribution in [0.4, 0.5) is 0 Å². The van der Waals surface area contributed by atoms with Gasteiger partial charge in [0.15, 0.2) is 11.7 Å². The van der Waals surface area contributed by atoms with Gasteiger partial charge in [-0.2, -0.15) is 0 Å². The normalized spacial score (nSPS) is 16.2. The Morgan fingerprint density at radius 1 is 1.22 bits per heavy atom. The van der Waals surface area contributed by atoms with Crippen LogP contribution in [0.15, 0.2) is 0 Å². The van der Waals surface area contributed by atoms with E-state index in [2.05, 4.69) is 0 Å². The van der Waals surface area contributed by atoms with Gasteiger partial charge in [-0.15, -0.1) is 0 Å². The number of nitrogens with one attached hydrogen (secondary N) is 1. The van der Waals surface area contributed by atoms with E-state index in [4.69, 9.17) is 27.1 Å². The van der Waals surface area contributed by atoms with Crippen LogP contribution in [0.25, 0.3) is 0 Å². The molecule has 4 atom stereocenters. The molecule has 0 rings (SSSR count). The summed E-state index contributed by atoms with van der Waals surface area (Å²) in [5, 5.41) is 52.9. The number of carbonyl (C=O) groups is 2. The van der Waals surface area contributed by atoms with Gasteiger partial charge in [-0.3, -0.25) is 15.0 Å². The Balaban J connectivity index is 4.54. The third kappa shape index (κ3) is 7.34. The molecule has 0 aliphatic rings. The van der Waals surface area contributed by atoms with Crippen molar-refractivity contribution in [2.24, 2.45) is 11.5 Å². The maximum Gasteiger partial charge on any atom is 0.320 e. The minimum atomic E-state index is -1.96. The first kappa shape index (κ1) is 21.2. The first-order valence-electron chi connectivity index (χ1n) is 6.86. The number of Topliss-reactive ketones (excluding diaryl/α,β-unsaturated/α-hetero) is 1. The second-order valence-corrected chi connectivity index (χ2v) is 5.05. The van der Waals surface area contributed by atoms with Crippen LogP contribution in [0.5, 0.6) is 0 Å². The molecule has 0 saturated carbocycles. The summed E-state index contributed by atoms with van der Waals surface area (Å²) in [5.74, 6) is -2.57. The van der Waals surface area contributed by atoms with Crippen molar-refractivity contribution in [1.82, 2.24) is 4.90 Å². The van der Waals surface area contributed by atoms with Crippen molar-refractivity contribution in [3.8, 4) is 0 Å². The standard InChI is InChI=1S/C12H24N4O7/c13-6(11(22)23)2-1-3-16(12(14)15)4-7(18)9(20)10(21)8(19)5-17/h6,8-10,17,19-21H,1-5,13H2,(H3,14,15)(H,22,23)/t6-,8+,9+,10+/m0/s1. The molecule has 23 heavy (non-hydrogen) atoms. The second kappa shape index (κ2) is 10.1. The first-order valence-corrected chi connectivity index (χ1v) is 6.86. The molecule has 0 aromatic carbocycles. The quantitative estimate of drug-likeness (QED) is 0.135. The van der Waals surface area contributed by atoms with Gasteiger partial charge in [-0.05, 0) is 12.8 Å². The Kier molecular flexibility index (Phi) is 9.29. The van der Waals surface area contributed by atoms with Crippen molar-refractivity contribution in [1.29, 1.82) is 5.41 Å². The lowest BCUT2D eigenvalue weighted by Gasteiger charge is -2.26. The van der Waals surface area contributed by atoms with E-state index in [0.717, 1.165) is 4.90 Å². The van der Waals surface area contributed by atoms with Gasteiger partial charge in [0.1, 0.15) is 24.4 Å². The van der Waals surface area contributed by atoms with Crippen LogP contribution in [0.1, 0.15) is 12.8 Å². The average Bonchev–Trinajstić information content (AvgIpc) is 2.50. The van der Waals surface area contributed by atoms with Gasteiger partial charge in [0, 0.05) is 6.54 Å². The monoisotopic (exact) mass is 336 g/mol. The summed E-state index contributed by atoms with van der Waals surface area (Å²) < 4.78 is 0. The zero-order chi connectivity index (χ0) is 18.2. The molecule has 0 saturated heterocycles. The lowest BCUT2D eigenvalue weighted by molar-refractivity contribution is -0.141. The fraction of sp³-hybridized carbons (Fsp3) is 0.750. The topological polar surface area (TPSA) is 214 Å². The molecule has 11 heteroatoms. The Morgan fingerprint density at radius 2 is 1.78 bits per heavy atom. The minimum Gasteiger partial charge on any atom is -0.480 e. The maximum absolute atomic E-state index is 11.8. The van der Waals surface area contributed by atoms with E-state index in [1.54, 1.807) is 0 Å². The first-order chi connectivity index (χ1) is 10.6. The number of guanidine groups is 1. The molecule has 0 heterocycles. The van der Waals surface area contributed by atoms with Gasteiger partial charge in [0.05, 0.1) is 13.2 Å². The van der Waals surface area contributed by atoms with Crippen LogP contribution >= 0.6 is 0 Å². The molecule has 0 amide bonds. The van der Waals surface area contributed by atoms with E-state index >= 15 is 0 Å². The summed E-state index contributed by atoms with van der Waals surface area (Å²) in [5.41, 5.74) is 10.6. The molecule has 0 aliphatic carbocycles. The maximum atomic E-state index is 11.8. The van der Waals surface area contributed by atoms with Gasteiger partial charge < -0.3 is 41.9 Å². The SMILES string of the molecule is N=C(N)N(CCC[C@H](N)C(=O)O)CC(=O)[C@@H](O)[C@H](O)[C@H](O)CO. The predicted octanol–water partition coefficient (Wildman–Crippen LogP) is -3.98. The van der Waals surface area contributed by atoms with Crippen molar-refractivity contribution < 1.29 is 35.1 Å². The molecule has 0 fully saturated rings. The highest BCUT2D eigenvalue weighted by molar-refractivity contribution is 5.89. The number of nitrogens with two attached hydrogens (primary N) is 2. The summed E-state index contributed by atoms with van der Waals surface area (Å²) in [7, 11) is 0. The number of carboxylic acid groups (broad SMARTS) is 1. The zero-order valence-corrected chi connectivity index (χ0v) is 12.5. The Hall–Kier alpha value is -1.79. The fourth-order valence-electron chi connectivity index (χ4n) is 1.70. The molecule has 11 nitrogen and oxygen atoms in total. The highest BCUT2D eigenvalue weighted by Crippen LogP contribution is 2.04. The number of carbonyl (C=O) groups excluding carboxylic acids is 1. The Morgan fingerprint density at radius 3 is 2.22 bits per heavy atom. The molecule has 0 aliphatic heterocycles. The molecule has 10 N–H and O–H groups in total. The molecule has 0 aromatic rings. The molecule has 134 valence electrons. The van der Waals surface area contributed by atoms with Crippen LogP contribution < -0.4 is 11.5 Å². The molecule has 0 radical (unpaired) electrons. The number of hydrogen-bond donors (Lipinski definition) is 8. The lowest BCUT2D eigenvalue weighted by atomic mass is 10.0. The van der Waals surface area contributed by atoms with Crippen LogP contribution in [0, 0.1) is 5.41 Å². The fourth-order valence-corrected chi connectivity index (χ4v) is 1.70. The number of carboxylic acids is 1. The van der Waals surface area contributed by atoms with E-state index in [-0.39, 0.29) is 19.4 Å². The number of nitrogens with zero attached hydrogens (tertiary/aromatic N) is 1. The van der Waals surface area contributed by atoms with E-state index in [0.29, 0.717) is 0 Å². The molecule has 0 spiro atoms. The molecular formula is C12H24N4O7. The van der Waals surface area contributed by atoms with Crippen molar-refractivity contribution in [3.05, 3.63) is 0 Å². The van der Waals surface area contributed by atoms with Crippen molar-refractivity contribution in [3.63, 3.8) is 0 Å². The van der Waals surface area contributed by atoms with E-state index in [1.807, 2.05) is 0 Å². The number of aliphatic hydroxyl groups is 4. The summed E-state index contributed by atoms with van der Waals surface area (Å²) >= 11 is 0. The lowest BCUT2D eigenvalue weighted by Crippen LogP contribution is -2.49. The summed E-state index contributed by atoms with van der Waals surface area (Å²) in [6.45, 7) is -1.31. The number of aliphatic hydroxyl groups excluding tert-OH is 4. The van der Waals surface area contributed by atoms with Crippen molar-refractivity contribution >= 4 is 17.7 Å². The number of aliphatic carboxylic acids is 1. The Labute approximate surface area is 132 Å². The molecular weight excluding hydrogens is 312 g/mol. The van der Waals surface area contributed by atoms with Crippen LogP contribution in [0.2, 0.25) is 0 Å². The molecule has 0 aromatic heterocycles. The third-order valence-electron chi connectivity index (χ3n) is 3.18. The van der Waals surface area contributed by atoms with Gasteiger partial charge >= 0.3 is 5.97 Å². The van der Waals surface area contributed by atoms with Crippen molar-refractivity contribution in [2.45, 2.75) is 37.2 Å². The molecule has 0 unspecified atom stereocenters. The predicted molar refractivity (Wildman–Crippen MR) is 78.4 cm³/mol. The van der Waals surface area contributed by atoms with Gasteiger partial charge in [0.2, 0.25) is 0 Å². The average molecular weight is 336 g/mol. The van der Waals surface area contributed by atoms with Crippen LogP contribution in [-0.2, 0) is 9.59 Å². The Bertz CT molecular complexity index is 420. The van der Waals surface area contributed by atoms with Gasteiger partial charge in [-0.1, -0.05) is 0 Å². The number of ketones is 1. The number of rotatable bonds is 11. The highest BCUT2D eigenvalue weighted by Gasteiger charge is 2.30. The third-order valence-corrected chi connectivity index (χ3v) is 3.18. The van der Waals surface area contributed by atoms with Gasteiger partial charge in [-0.25, -0.2) is 0 Å². The minimum absolute atomic E-state index is 0.0490. The van der Waals surface area contributed by atoms with Crippen LogP contribution in [-0.4, -0.2) is 92.2 Å². The van der Waals surface area contributed by atoms with E-state index in [1.165, 1.54) is 0 Å². The summed E-state index contributed by atoms with van der Waals surface area (Å²) in [6, 6.07) is -1.08. The summed E-state index contributed by atoms with van der Waals surface area (Å²) in [4.78, 5) is 23.5. The van der Waals surface area contributed by atoms with Crippen molar-refractivity contribution in [2.75, 3.05) is 19.7 Å². The van der Waals surface area contributed by atoms with E-state index in [9.17, 15) is 24.9 Å². The van der Waals surface area contributed by atoms with Gasteiger partial charge in [0.25, 0.3) is 0 Å². The zero-order valence-electron chi connectivity index (χ0n) is 12.5.